The maximum atomic E-state index is 12.1. The van der Waals surface area contributed by atoms with E-state index in [1.165, 1.54) is 4.68 Å². The molecule has 112 valence electrons. The number of amides is 1. The van der Waals surface area contributed by atoms with Crippen molar-refractivity contribution >= 4 is 11.6 Å². The highest BCUT2D eigenvalue weighted by molar-refractivity contribution is 5.76. The Morgan fingerprint density at radius 3 is 2.71 bits per heavy atom. The van der Waals surface area contributed by atoms with Crippen molar-refractivity contribution in [1.82, 2.24) is 19.1 Å². The van der Waals surface area contributed by atoms with Gasteiger partial charge in [-0.1, -0.05) is 6.07 Å². The number of hydrogen-bond donors (Lipinski definition) is 1. The van der Waals surface area contributed by atoms with Crippen molar-refractivity contribution in [2.45, 2.75) is 19.4 Å². The highest BCUT2D eigenvalue weighted by atomic mass is 16.2. The normalized spacial score (nSPS) is 17.3. The lowest BCUT2D eigenvalue weighted by Crippen LogP contribution is -2.40. The monoisotopic (exact) mass is 289 g/mol. The molecule has 0 aliphatic carbocycles. The highest BCUT2D eigenvalue weighted by Gasteiger charge is 2.22. The van der Waals surface area contributed by atoms with E-state index in [0.29, 0.717) is 12.2 Å². The number of aromatic nitrogens is 3. The Balaban J connectivity index is 1.61. The fourth-order valence-electron chi connectivity index (χ4n) is 2.79. The van der Waals surface area contributed by atoms with E-state index < -0.39 is 0 Å². The minimum Gasteiger partial charge on any atom is -0.369 e. The molecule has 7 nitrogen and oxygen atoms in total. The summed E-state index contributed by atoms with van der Waals surface area (Å²) in [5.41, 5.74) is 5.87. The molecule has 1 amide bonds. The molecule has 3 heterocycles. The van der Waals surface area contributed by atoms with Gasteiger partial charge in [-0.3, -0.25) is 9.20 Å². The maximum Gasteiger partial charge on any atom is 0.350 e. The topological polar surface area (TPSA) is 85.6 Å². The first-order valence-electron chi connectivity index (χ1n) is 7.21. The zero-order valence-corrected chi connectivity index (χ0v) is 11.8. The van der Waals surface area contributed by atoms with Gasteiger partial charge in [0.1, 0.15) is 0 Å². The van der Waals surface area contributed by atoms with E-state index >= 15 is 0 Å². The Hall–Kier alpha value is -2.15. The van der Waals surface area contributed by atoms with Crippen LogP contribution >= 0.6 is 0 Å². The van der Waals surface area contributed by atoms with Crippen molar-refractivity contribution in [2.75, 3.05) is 19.6 Å². The van der Waals surface area contributed by atoms with Gasteiger partial charge in [0.2, 0.25) is 5.91 Å². The van der Waals surface area contributed by atoms with E-state index in [2.05, 4.69) is 10.00 Å². The summed E-state index contributed by atoms with van der Waals surface area (Å²) in [6.45, 7) is 3.00. The fraction of sp³-hybridized carbons (Fsp3) is 0.500. The van der Waals surface area contributed by atoms with Gasteiger partial charge in [-0.15, -0.1) is 5.10 Å². The number of nitrogens with two attached hydrogens (primary N) is 1. The standard InChI is InChI=1S/C14H19N5O2/c15-13(20)11-4-7-17(8-5-11)9-10-19-14(21)18-6-2-1-3-12(18)16-19/h1-3,6,11H,4-5,7-10H2,(H2,15,20). The molecule has 7 heteroatoms. The van der Waals surface area contributed by atoms with E-state index in [0.717, 1.165) is 32.5 Å². The number of carbonyl (C=O) groups excluding carboxylic acids is 1. The van der Waals surface area contributed by atoms with Gasteiger partial charge >= 0.3 is 5.69 Å². The van der Waals surface area contributed by atoms with Crippen LogP contribution < -0.4 is 11.4 Å². The largest absolute Gasteiger partial charge is 0.369 e. The van der Waals surface area contributed by atoms with E-state index in [1.54, 1.807) is 10.6 Å². The molecule has 0 unspecified atom stereocenters. The number of carbonyl (C=O) groups is 1. The predicted molar refractivity (Wildman–Crippen MR) is 77.8 cm³/mol. The first kappa shape index (κ1) is 13.8. The zero-order valence-electron chi connectivity index (χ0n) is 11.8. The smallest absolute Gasteiger partial charge is 0.350 e. The van der Waals surface area contributed by atoms with Crippen molar-refractivity contribution in [3.63, 3.8) is 0 Å². The van der Waals surface area contributed by atoms with Gasteiger partial charge in [-0.2, -0.15) is 0 Å². The van der Waals surface area contributed by atoms with Gasteiger partial charge in [-0.25, -0.2) is 9.48 Å². The summed E-state index contributed by atoms with van der Waals surface area (Å²) in [4.78, 5) is 25.5. The van der Waals surface area contributed by atoms with E-state index in [9.17, 15) is 9.59 Å². The molecule has 0 bridgehead atoms. The molecule has 2 aromatic heterocycles. The summed E-state index contributed by atoms with van der Waals surface area (Å²) in [6.07, 6.45) is 3.32. The second-order valence-corrected chi connectivity index (χ2v) is 5.45. The van der Waals surface area contributed by atoms with Crippen molar-refractivity contribution in [2.24, 2.45) is 11.7 Å². The molecule has 0 atom stereocenters. The number of piperidine rings is 1. The van der Waals surface area contributed by atoms with Crippen molar-refractivity contribution in [3.05, 3.63) is 34.9 Å². The van der Waals surface area contributed by atoms with Crippen molar-refractivity contribution in [3.8, 4) is 0 Å². The second-order valence-electron chi connectivity index (χ2n) is 5.45. The maximum absolute atomic E-state index is 12.1. The lowest BCUT2D eigenvalue weighted by molar-refractivity contribution is -0.123. The Kier molecular flexibility index (Phi) is 3.74. The average Bonchev–Trinajstić information content (AvgIpc) is 2.82. The van der Waals surface area contributed by atoms with Crippen LogP contribution in [0, 0.1) is 5.92 Å². The minimum atomic E-state index is -0.203. The first-order valence-corrected chi connectivity index (χ1v) is 7.21. The van der Waals surface area contributed by atoms with Crippen LogP contribution in [0.5, 0.6) is 0 Å². The van der Waals surface area contributed by atoms with Crippen LogP contribution in [-0.2, 0) is 11.3 Å². The molecule has 2 N–H and O–H groups in total. The third kappa shape index (κ3) is 2.82. The molecule has 0 radical (unpaired) electrons. The summed E-state index contributed by atoms with van der Waals surface area (Å²) in [6, 6.07) is 5.49. The quantitative estimate of drug-likeness (QED) is 0.837. The third-order valence-corrected chi connectivity index (χ3v) is 4.11. The molecule has 0 saturated carbocycles. The number of hydrogen-bond acceptors (Lipinski definition) is 4. The molecule has 1 aliphatic heterocycles. The summed E-state index contributed by atoms with van der Waals surface area (Å²) in [5.74, 6) is -0.203. The van der Waals surface area contributed by atoms with Crippen LogP contribution in [0.4, 0.5) is 0 Å². The molecule has 2 aromatic rings. The average molecular weight is 289 g/mol. The van der Waals surface area contributed by atoms with E-state index in [-0.39, 0.29) is 17.5 Å². The van der Waals surface area contributed by atoms with Crippen molar-refractivity contribution < 1.29 is 4.79 Å². The van der Waals surface area contributed by atoms with Crippen LogP contribution in [0.25, 0.3) is 5.65 Å². The van der Waals surface area contributed by atoms with Crippen LogP contribution in [0.15, 0.2) is 29.2 Å². The van der Waals surface area contributed by atoms with Crippen molar-refractivity contribution in [1.29, 1.82) is 0 Å². The van der Waals surface area contributed by atoms with Crippen LogP contribution in [0.2, 0.25) is 0 Å². The van der Waals surface area contributed by atoms with Crippen LogP contribution in [-0.4, -0.2) is 44.6 Å². The summed E-state index contributed by atoms with van der Waals surface area (Å²) < 4.78 is 3.04. The Bertz CT molecular complexity index is 697. The number of fused-ring (bicyclic) bond motifs is 1. The molecule has 21 heavy (non-hydrogen) atoms. The molecular weight excluding hydrogens is 270 g/mol. The Labute approximate surface area is 122 Å². The molecule has 1 saturated heterocycles. The Morgan fingerprint density at radius 1 is 1.29 bits per heavy atom. The lowest BCUT2D eigenvalue weighted by Gasteiger charge is -2.30. The van der Waals surface area contributed by atoms with E-state index in [4.69, 9.17) is 5.73 Å². The molecule has 1 fully saturated rings. The minimum absolute atomic E-state index is 0.000772. The Morgan fingerprint density at radius 2 is 2.05 bits per heavy atom. The van der Waals surface area contributed by atoms with Crippen LogP contribution in [0.1, 0.15) is 12.8 Å². The number of primary amides is 1. The lowest BCUT2D eigenvalue weighted by atomic mass is 9.96. The summed E-state index contributed by atoms with van der Waals surface area (Å²) in [7, 11) is 0. The van der Waals surface area contributed by atoms with Gasteiger partial charge in [0.15, 0.2) is 5.65 Å². The van der Waals surface area contributed by atoms with Crippen LogP contribution in [0.3, 0.4) is 0 Å². The third-order valence-electron chi connectivity index (χ3n) is 4.11. The summed E-state index contributed by atoms with van der Waals surface area (Å²) in [5, 5.41) is 4.31. The number of likely N-dealkylation sites (tertiary alicyclic amines) is 1. The molecule has 0 spiro atoms. The van der Waals surface area contributed by atoms with Gasteiger partial charge in [0.05, 0.1) is 6.54 Å². The van der Waals surface area contributed by atoms with Gasteiger partial charge in [0.25, 0.3) is 0 Å². The van der Waals surface area contributed by atoms with E-state index in [1.807, 2.05) is 18.2 Å². The van der Waals surface area contributed by atoms with Gasteiger partial charge < -0.3 is 10.6 Å². The highest BCUT2D eigenvalue weighted by Crippen LogP contribution is 2.16. The molecular formula is C14H19N5O2. The zero-order chi connectivity index (χ0) is 14.8. The second kappa shape index (κ2) is 5.69. The SMILES string of the molecule is NC(=O)C1CCN(CCn2nc3ccccn3c2=O)CC1. The number of rotatable bonds is 4. The molecule has 1 aliphatic rings. The fourth-order valence-corrected chi connectivity index (χ4v) is 2.79. The van der Waals surface area contributed by atoms with Gasteiger partial charge in [0, 0.05) is 18.7 Å². The van der Waals surface area contributed by atoms with Gasteiger partial charge in [-0.05, 0) is 38.1 Å². The molecule has 0 aromatic carbocycles. The number of nitrogens with zero attached hydrogens (tertiary/aromatic N) is 4. The first-order chi connectivity index (χ1) is 10.1. The molecule has 3 rings (SSSR count). The predicted octanol–water partition coefficient (Wildman–Crippen LogP) is -0.307. The summed E-state index contributed by atoms with van der Waals surface area (Å²) >= 11 is 0. The number of pyridine rings is 1.